The first-order chi connectivity index (χ1) is 9.19. The Hall–Kier alpha value is -2.31. The number of rotatable bonds is 4. The number of esters is 1. The van der Waals surface area contributed by atoms with Crippen LogP contribution in [-0.2, 0) is 17.6 Å². The molecule has 0 atom stereocenters. The van der Waals surface area contributed by atoms with E-state index in [1.165, 1.54) is 19.5 Å². The highest BCUT2D eigenvalue weighted by Crippen LogP contribution is 2.08. The van der Waals surface area contributed by atoms with Crippen molar-refractivity contribution in [3.63, 3.8) is 0 Å². The fraction of sp³-hybridized carbons (Fsp3) is 0.417. The molecule has 7 nitrogen and oxygen atoms in total. The van der Waals surface area contributed by atoms with Gasteiger partial charge in [0.1, 0.15) is 5.82 Å². The zero-order valence-corrected chi connectivity index (χ0v) is 11.1. The van der Waals surface area contributed by atoms with Crippen molar-refractivity contribution in [3.8, 4) is 5.82 Å². The maximum Gasteiger partial charge on any atom is 0.358 e. The number of ether oxygens (including phenoxy) is 1. The summed E-state index contributed by atoms with van der Waals surface area (Å²) in [6, 6.07) is 0. The van der Waals surface area contributed by atoms with Crippen molar-refractivity contribution >= 4 is 5.97 Å². The van der Waals surface area contributed by atoms with Gasteiger partial charge in [-0.05, 0) is 0 Å². The van der Waals surface area contributed by atoms with E-state index in [2.05, 4.69) is 24.8 Å². The Kier molecular flexibility index (Phi) is 3.84. The van der Waals surface area contributed by atoms with Crippen molar-refractivity contribution < 1.29 is 9.53 Å². The molecule has 0 spiro atoms. The summed E-state index contributed by atoms with van der Waals surface area (Å²) in [7, 11) is 1.30. The second-order valence-corrected chi connectivity index (χ2v) is 3.81. The lowest BCUT2D eigenvalue weighted by Crippen LogP contribution is -2.09. The van der Waals surface area contributed by atoms with Crippen LogP contribution >= 0.6 is 0 Å². The van der Waals surface area contributed by atoms with E-state index in [-0.39, 0.29) is 5.69 Å². The lowest BCUT2D eigenvalue weighted by atomic mass is 10.4. The van der Waals surface area contributed by atoms with Crippen LogP contribution in [0.2, 0.25) is 0 Å². The zero-order chi connectivity index (χ0) is 13.8. The number of aromatic nitrogens is 5. The minimum Gasteiger partial charge on any atom is -0.464 e. The molecule has 0 aromatic carbocycles. The third-order valence-corrected chi connectivity index (χ3v) is 2.60. The van der Waals surface area contributed by atoms with Gasteiger partial charge in [0.25, 0.3) is 0 Å². The quantitative estimate of drug-likeness (QED) is 0.762. The molecule has 100 valence electrons. The van der Waals surface area contributed by atoms with Crippen molar-refractivity contribution in [1.29, 1.82) is 0 Å². The highest BCUT2D eigenvalue weighted by Gasteiger charge is 2.12. The Balaban J connectivity index is 2.36. The largest absolute Gasteiger partial charge is 0.464 e. The van der Waals surface area contributed by atoms with E-state index in [0.717, 1.165) is 24.5 Å². The normalized spacial score (nSPS) is 10.5. The summed E-state index contributed by atoms with van der Waals surface area (Å²) in [6.45, 7) is 3.99. The molecule has 2 rings (SSSR count). The third-order valence-electron chi connectivity index (χ3n) is 2.60. The fourth-order valence-electron chi connectivity index (χ4n) is 1.59. The van der Waals surface area contributed by atoms with Gasteiger partial charge in [-0.3, -0.25) is 0 Å². The summed E-state index contributed by atoms with van der Waals surface area (Å²) in [5.41, 5.74) is 0.167. The highest BCUT2D eigenvalue weighted by molar-refractivity contribution is 5.86. The average Bonchev–Trinajstić information content (AvgIpc) is 2.90. The van der Waals surface area contributed by atoms with E-state index in [1.54, 1.807) is 4.68 Å². The Morgan fingerprint density at radius 2 is 2.05 bits per heavy atom. The number of hydrogen-bond donors (Lipinski definition) is 0. The van der Waals surface area contributed by atoms with Gasteiger partial charge in [0.05, 0.1) is 19.5 Å². The summed E-state index contributed by atoms with van der Waals surface area (Å²) in [4.78, 5) is 23.8. The third kappa shape index (κ3) is 2.59. The molecule has 2 heterocycles. The Labute approximate surface area is 110 Å². The number of carbonyl (C=O) groups excluding carboxylic acids is 1. The van der Waals surface area contributed by atoms with Gasteiger partial charge >= 0.3 is 5.97 Å². The SMILES string of the molecule is CCc1nc(CC)n(-c2cnc(C(=O)OC)cn2)n1. The van der Waals surface area contributed by atoms with Crippen LogP contribution in [0.5, 0.6) is 0 Å². The van der Waals surface area contributed by atoms with E-state index in [9.17, 15) is 4.79 Å². The lowest BCUT2D eigenvalue weighted by molar-refractivity contribution is 0.0593. The molecule has 0 radical (unpaired) electrons. The molecular weight excluding hydrogens is 246 g/mol. The predicted octanol–water partition coefficient (Wildman–Crippen LogP) is 0.969. The Bertz CT molecular complexity index is 576. The van der Waals surface area contributed by atoms with Gasteiger partial charge in [-0.25, -0.2) is 19.7 Å². The van der Waals surface area contributed by atoms with Gasteiger partial charge in [-0.2, -0.15) is 4.68 Å². The topological polar surface area (TPSA) is 82.8 Å². The van der Waals surface area contributed by atoms with E-state index >= 15 is 0 Å². The molecule has 0 bridgehead atoms. The van der Waals surface area contributed by atoms with Crippen LogP contribution in [0.25, 0.3) is 5.82 Å². The van der Waals surface area contributed by atoms with Crippen molar-refractivity contribution in [2.75, 3.05) is 7.11 Å². The number of hydrogen-bond acceptors (Lipinski definition) is 6. The van der Waals surface area contributed by atoms with Crippen LogP contribution in [0.3, 0.4) is 0 Å². The van der Waals surface area contributed by atoms with Gasteiger partial charge in [-0.1, -0.05) is 13.8 Å². The fourth-order valence-corrected chi connectivity index (χ4v) is 1.59. The van der Waals surface area contributed by atoms with Gasteiger partial charge in [-0.15, -0.1) is 5.10 Å². The monoisotopic (exact) mass is 261 g/mol. The van der Waals surface area contributed by atoms with E-state index in [4.69, 9.17) is 0 Å². The Morgan fingerprint density at radius 3 is 2.58 bits per heavy atom. The van der Waals surface area contributed by atoms with E-state index in [0.29, 0.717) is 5.82 Å². The molecule has 2 aromatic heterocycles. The molecule has 0 aliphatic heterocycles. The zero-order valence-electron chi connectivity index (χ0n) is 11.1. The first kappa shape index (κ1) is 13.1. The molecule has 7 heteroatoms. The molecule has 0 saturated carbocycles. The summed E-state index contributed by atoms with van der Waals surface area (Å²) in [5, 5.41) is 4.35. The van der Waals surface area contributed by atoms with E-state index < -0.39 is 5.97 Å². The smallest absolute Gasteiger partial charge is 0.358 e. The molecule has 0 aliphatic carbocycles. The molecule has 0 fully saturated rings. The average molecular weight is 261 g/mol. The van der Waals surface area contributed by atoms with Crippen molar-refractivity contribution in [3.05, 3.63) is 29.7 Å². The number of aryl methyl sites for hydroxylation is 2. The summed E-state index contributed by atoms with van der Waals surface area (Å²) in [6.07, 6.45) is 4.36. The lowest BCUT2D eigenvalue weighted by Gasteiger charge is -2.03. The van der Waals surface area contributed by atoms with Gasteiger partial charge in [0.15, 0.2) is 17.3 Å². The molecule has 2 aromatic rings. The maximum absolute atomic E-state index is 11.3. The highest BCUT2D eigenvalue weighted by atomic mass is 16.5. The van der Waals surface area contributed by atoms with Crippen molar-refractivity contribution in [1.82, 2.24) is 24.7 Å². The van der Waals surface area contributed by atoms with Gasteiger partial charge in [0.2, 0.25) is 0 Å². The first-order valence-electron chi connectivity index (χ1n) is 6.05. The molecule has 0 unspecified atom stereocenters. The second-order valence-electron chi connectivity index (χ2n) is 3.81. The standard InChI is InChI=1S/C12H15N5O2/c1-4-9-15-10(5-2)17(16-9)11-7-13-8(6-14-11)12(18)19-3/h6-7H,4-5H2,1-3H3. The molecule has 0 aliphatic rings. The number of carbonyl (C=O) groups is 1. The molecule has 0 N–H and O–H groups in total. The van der Waals surface area contributed by atoms with Crippen molar-refractivity contribution in [2.24, 2.45) is 0 Å². The predicted molar refractivity (Wildman–Crippen MR) is 67.0 cm³/mol. The van der Waals surface area contributed by atoms with Crippen LogP contribution < -0.4 is 0 Å². The van der Waals surface area contributed by atoms with Crippen molar-refractivity contribution in [2.45, 2.75) is 26.7 Å². The van der Waals surface area contributed by atoms with Crippen LogP contribution in [-0.4, -0.2) is 37.8 Å². The van der Waals surface area contributed by atoms with E-state index in [1.807, 2.05) is 13.8 Å². The summed E-state index contributed by atoms with van der Waals surface area (Å²) in [5.74, 6) is 1.60. The Morgan fingerprint density at radius 1 is 1.26 bits per heavy atom. The molecule has 0 amide bonds. The van der Waals surface area contributed by atoms with Gasteiger partial charge < -0.3 is 4.74 Å². The number of methoxy groups -OCH3 is 1. The molecule has 0 saturated heterocycles. The number of nitrogens with zero attached hydrogens (tertiary/aromatic N) is 5. The minimum absolute atomic E-state index is 0.167. The van der Waals surface area contributed by atoms with Crippen LogP contribution in [0.4, 0.5) is 0 Å². The molecular formula is C12H15N5O2. The summed E-state index contributed by atoms with van der Waals surface area (Å²) >= 11 is 0. The second kappa shape index (κ2) is 5.55. The molecule has 19 heavy (non-hydrogen) atoms. The van der Waals surface area contributed by atoms with Crippen LogP contribution in [0, 0.1) is 0 Å². The van der Waals surface area contributed by atoms with Crippen LogP contribution in [0.15, 0.2) is 12.4 Å². The summed E-state index contributed by atoms with van der Waals surface area (Å²) < 4.78 is 6.22. The first-order valence-corrected chi connectivity index (χ1v) is 6.05. The van der Waals surface area contributed by atoms with Crippen LogP contribution in [0.1, 0.15) is 36.0 Å². The minimum atomic E-state index is -0.511. The van der Waals surface area contributed by atoms with Gasteiger partial charge in [0, 0.05) is 12.8 Å². The maximum atomic E-state index is 11.3.